The van der Waals surface area contributed by atoms with Crippen LogP contribution in [-0.2, 0) is 9.47 Å². The molecule has 2 aliphatic rings. The van der Waals surface area contributed by atoms with E-state index >= 15 is 0 Å². The molecule has 1 unspecified atom stereocenters. The average molecular weight is 478 g/mol. The van der Waals surface area contributed by atoms with Crippen LogP contribution in [0.15, 0.2) is 48.0 Å². The fourth-order valence-corrected chi connectivity index (χ4v) is 5.07. The number of nitrogens with zero attached hydrogens (tertiary/aromatic N) is 1. The van der Waals surface area contributed by atoms with Gasteiger partial charge in [-0.05, 0) is 92.3 Å². The van der Waals surface area contributed by atoms with Gasteiger partial charge < -0.3 is 19.1 Å². The number of hydrogen-bond donors (Lipinski definition) is 0. The van der Waals surface area contributed by atoms with Crippen LogP contribution in [0.3, 0.4) is 0 Å². The summed E-state index contributed by atoms with van der Waals surface area (Å²) in [5.41, 5.74) is 6.64. The Balaban J connectivity index is 1.47. The summed E-state index contributed by atoms with van der Waals surface area (Å²) in [6.45, 7) is 10.5. The molecule has 4 rings (SSSR count). The van der Waals surface area contributed by atoms with Gasteiger partial charge >= 0.3 is 0 Å². The van der Waals surface area contributed by atoms with Crippen molar-refractivity contribution in [3.05, 3.63) is 53.6 Å². The van der Waals surface area contributed by atoms with Gasteiger partial charge in [0.15, 0.2) is 0 Å². The molecule has 0 bridgehead atoms. The summed E-state index contributed by atoms with van der Waals surface area (Å²) in [6.07, 6.45) is 10.8. The van der Waals surface area contributed by atoms with E-state index in [0.717, 1.165) is 51.5 Å². The van der Waals surface area contributed by atoms with Crippen LogP contribution in [0, 0.1) is 5.92 Å². The third kappa shape index (κ3) is 7.85. The number of ether oxygens (including phenoxy) is 3. The number of anilines is 1. The van der Waals surface area contributed by atoms with Crippen molar-refractivity contribution < 1.29 is 14.2 Å². The molecular weight excluding hydrogens is 434 g/mol. The zero-order valence-electron chi connectivity index (χ0n) is 21.8. The molecule has 4 heteroatoms. The average Bonchev–Trinajstić information content (AvgIpc) is 2.96. The van der Waals surface area contributed by atoms with Gasteiger partial charge in [0.2, 0.25) is 0 Å². The van der Waals surface area contributed by atoms with Crippen LogP contribution in [-0.4, -0.2) is 46.1 Å². The molecule has 2 heterocycles. The topological polar surface area (TPSA) is 30.9 Å². The van der Waals surface area contributed by atoms with E-state index in [4.69, 9.17) is 14.2 Å². The van der Waals surface area contributed by atoms with Crippen molar-refractivity contribution in [2.75, 3.05) is 51.0 Å². The van der Waals surface area contributed by atoms with Crippen molar-refractivity contribution in [3.8, 4) is 16.9 Å². The van der Waals surface area contributed by atoms with Crippen LogP contribution in [0.2, 0.25) is 0 Å². The van der Waals surface area contributed by atoms with Crippen molar-refractivity contribution in [1.29, 1.82) is 0 Å². The summed E-state index contributed by atoms with van der Waals surface area (Å²) in [6, 6.07) is 15.4. The highest BCUT2D eigenvalue weighted by Gasteiger charge is 2.20. The zero-order chi connectivity index (χ0) is 24.3. The molecule has 190 valence electrons. The molecule has 2 aromatic carbocycles. The van der Waals surface area contributed by atoms with Crippen LogP contribution < -0.4 is 9.64 Å². The first-order chi connectivity index (χ1) is 17.2. The van der Waals surface area contributed by atoms with Crippen molar-refractivity contribution in [2.24, 2.45) is 5.92 Å². The lowest BCUT2D eigenvalue weighted by atomic mass is 9.98. The summed E-state index contributed by atoms with van der Waals surface area (Å²) >= 11 is 0. The standard InChI is InChI=1S/C31H43NO3/c1-3-4-17-33-19-20-35-30-13-10-27(11-14-30)28-12-15-31-29(22-28)21-25(2)8-5-6-16-32(31)23-26-9-7-18-34-24-26/h10-15,21-22,26H,3-9,16-20,23-24H2,1-2H3/b25-21-. The largest absolute Gasteiger partial charge is 0.491 e. The molecule has 0 aliphatic carbocycles. The minimum Gasteiger partial charge on any atom is -0.491 e. The van der Waals surface area contributed by atoms with E-state index in [1.54, 1.807) is 0 Å². The van der Waals surface area contributed by atoms with Crippen molar-refractivity contribution in [1.82, 2.24) is 0 Å². The van der Waals surface area contributed by atoms with Gasteiger partial charge in [0, 0.05) is 32.0 Å². The fraction of sp³-hybridized carbons (Fsp3) is 0.548. The molecule has 1 fully saturated rings. The Labute approximate surface area is 212 Å². The summed E-state index contributed by atoms with van der Waals surface area (Å²) in [4.78, 5) is 2.62. The van der Waals surface area contributed by atoms with Gasteiger partial charge in [0.25, 0.3) is 0 Å². The van der Waals surface area contributed by atoms with E-state index in [1.807, 2.05) is 0 Å². The van der Waals surface area contributed by atoms with E-state index in [2.05, 4.69) is 67.3 Å². The molecule has 4 nitrogen and oxygen atoms in total. The monoisotopic (exact) mass is 477 g/mol. The summed E-state index contributed by atoms with van der Waals surface area (Å²) in [5, 5.41) is 0. The van der Waals surface area contributed by atoms with Crippen LogP contribution in [0.25, 0.3) is 17.2 Å². The highest BCUT2D eigenvalue weighted by molar-refractivity contribution is 5.76. The molecule has 0 amide bonds. The summed E-state index contributed by atoms with van der Waals surface area (Å²) in [5.74, 6) is 1.53. The molecule has 0 aromatic heterocycles. The maximum absolute atomic E-state index is 5.86. The lowest BCUT2D eigenvalue weighted by Crippen LogP contribution is -2.34. The first-order valence-electron chi connectivity index (χ1n) is 13.7. The molecule has 1 saturated heterocycles. The van der Waals surface area contributed by atoms with Crippen LogP contribution in [0.4, 0.5) is 5.69 Å². The Kier molecular flexibility index (Phi) is 10.1. The molecule has 35 heavy (non-hydrogen) atoms. The first-order valence-corrected chi connectivity index (χ1v) is 13.7. The van der Waals surface area contributed by atoms with E-state index in [9.17, 15) is 0 Å². The van der Waals surface area contributed by atoms with E-state index in [1.165, 1.54) is 60.1 Å². The van der Waals surface area contributed by atoms with E-state index < -0.39 is 0 Å². The Hall–Kier alpha value is -2.30. The predicted molar refractivity (Wildman–Crippen MR) is 146 cm³/mol. The highest BCUT2D eigenvalue weighted by atomic mass is 16.5. The van der Waals surface area contributed by atoms with Gasteiger partial charge in [-0.1, -0.05) is 43.2 Å². The number of fused-ring (bicyclic) bond motifs is 1. The fourth-order valence-electron chi connectivity index (χ4n) is 5.07. The quantitative estimate of drug-likeness (QED) is 0.334. The third-order valence-corrected chi connectivity index (χ3v) is 7.08. The van der Waals surface area contributed by atoms with Gasteiger partial charge in [-0.15, -0.1) is 0 Å². The molecule has 2 aliphatic heterocycles. The second-order valence-corrected chi connectivity index (χ2v) is 10.1. The maximum atomic E-state index is 5.86. The SMILES string of the molecule is CCCCOCCOc1ccc(-c2ccc3c(c2)/C=C(/C)CCCCN3CC2CCCOC2)cc1. The first kappa shape index (κ1) is 25.8. The van der Waals surface area contributed by atoms with Gasteiger partial charge in [-0.3, -0.25) is 0 Å². The number of benzene rings is 2. The lowest BCUT2D eigenvalue weighted by molar-refractivity contribution is 0.0572. The predicted octanol–water partition coefficient (Wildman–Crippen LogP) is 7.37. The summed E-state index contributed by atoms with van der Waals surface area (Å²) in [7, 11) is 0. The van der Waals surface area contributed by atoms with Crippen LogP contribution in [0.5, 0.6) is 5.75 Å². The zero-order valence-corrected chi connectivity index (χ0v) is 21.8. The Morgan fingerprint density at radius 1 is 0.971 bits per heavy atom. The van der Waals surface area contributed by atoms with Gasteiger partial charge in [-0.2, -0.15) is 0 Å². The number of rotatable bonds is 10. The molecule has 0 spiro atoms. The number of unbranched alkanes of at least 4 members (excludes halogenated alkanes) is 1. The molecule has 0 radical (unpaired) electrons. The van der Waals surface area contributed by atoms with Crippen molar-refractivity contribution >= 4 is 11.8 Å². The molecule has 0 saturated carbocycles. The molecular formula is C31H43NO3. The summed E-state index contributed by atoms with van der Waals surface area (Å²) < 4.78 is 17.2. The van der Waals surface area contributed by atoms with Crippen LogP contribution >= 0.6 is 0 Å². The number of allylic oxidation sites excluding steroid dienone is 1. The smallest absolute Gasteiger partial charge is 0.119 e. The normalized spacial score (nSPS) is 20.2. The van der Waals surface area contributed by atoms with Gasteiger partial charge in [0.1, 0.15) is 12.4 Å². The molecule has 2 aromatic rings. The second kappa shape index (κ2) is 13.7. The lowest BCUT2D eigenvalue weighted by Gasteiger charge is -2.32. The minimum atomic E-state index is 0.591. The van der Waals surface area contributed by atoms with Crippen molar-refractivity contribution in [3.63, 3.8) is 0 Å². The third-order valence-electron chi connectivity index (χ3n) is 7.08. The Morgan fingerprint density at radius 2 is 1.83 bits per heavy atom. The second-order valence-electron chi connectivity index (χ2n) is 10.1. The molecule has 1 atom stereocenters. The van der Waals surface area contributed by atoms with Crippen molar-refractivity contribution in [2.45, 2.75) is 58.8 Å². The maximum Gasteiger partial charge on any atom is 0.119 e. The highest BCUT2D eigenvalue weighted by Crippen LogP contribution is 2.33. The number of hydrogen-bond acceptors (Lipinski definition) is 4. The van der Waals surface area contributed by atoms with Gasteiger partial charge in [-0.25, -0.2) is 0 Å². The Bertz CT molecular complexity index is 931. The van der Waals surface area contributed by atoms with E-state index in [0.29, 0.717) is 19.1 Å². The van der Waals surface area contributed by atoms with Gasteiger partial charge in [0.05, 0.1) is 13.2 Å². The van der Waals surface area contributed by atoms with Crippen LogP contribution in [0.1, 0.15) is 64.4 Å². The Morgan fingerprint density at radius 3 is 2.63 bits per heavy atom. The molecule has 0 N–H and O–H groups in total. The minimum absolute atomic E-state index is 0.591. The van der Waals surface area contributed by atoms with E-state index in [-0.39, 0.29) is 0 Å².